The van der Waals surface area contributed by atoms with Crippen molar-refractivity contribution in [3.05, 3.63) is 29.1 Å². The van der Waals surface area contributed by atoms with Crippen molar-refractivity contribution in [2.45, 2.75) is 45.6 Å². The molecule has 2 nitrogen and oxygen atoms in total. The first-order valence-corrected chi connectivity index (χ1v) is 6.31. The van der Waals surface area contributed by atoms with Gasteiger partial charge in [0.1, 0.15) is 0 Å². The van der Waals surface area contributed by atoms with E-state index in [9.17, 15) is 0 Å². The summed E-state index contributed by atoms with van der Waals surface area (Å²) in [4.78, 5) is 4.60. The van der Waals surface area contributed by atoms with E-state index < -0.39 is 0 Å². The number of nitrogens with one attached hydrogen (secondary N) is 1. The highest BCUT2D eigenvalue weighted by Crippen LogP contribution is 2.34. The third kappa shape index (κ3) is 2.43. The van der Waals surface area contributed by atoms with E-state index in [-0.39, 0.29) is 0 Å². The van der Waals surface area contributed by atoms with Gasteiger partial charge in [0.05, 0.1) is 5.69 Å². The van der Waals surface area contributed by atoms with E-state index >= 15 is 0 Å². The summed E-state index contributed by atoms with van der Waals surface area (Å²) in [7, 11) is 2.05. The zero-order chi connectivity index (χ0) is 11.5. The van der Waals surface area contributed by atoms with Crippen molar-refractivity contribution in [3.63, 3.8) is 0 Å². The van der Waals surface area contributed by atoms with Gasteiger partial charge in [-0.05, 0) is 44.4 Å². The molecule has 0 bridgehead atoms. The molecule has 2 rings (SSSR count). The van der Waals surface area contributed by atoms with Crippen molar-refractivity contribution in [2.24, 2.45) is 5.92 Å². The Morgan fingerprint density at radius 2 is 2.19 bits per heavy atom. The predicted octanol–water partition coefficient (Wildman–Crippen LogP) is 3.15. The van der Waals surface area contributed by atoms with Gasteiger partial charge in [-0.1, -0.05) is 25.3 Å². The molecule has 1 heterocycles. The molecule has 1 N–H and O–H groups in total. The Kier molecular flexibility index (Phi) is 3.59. The summed E-state index contributed by atoms with van der Waals surface area (Å²) in [5.41, 5.74) is 3.80. The standard InChI is InChI=1S/C14H22N2/c1-10-7-11(2)14(16-9-10)13(15-3)8-12-5-4-6-12/h7,9,12-13,15H,4-6,8H2,1-3H3. The molecule has 1 aliphatic carbocycles. The highest BCUT2D eigenvalue weighted by Gasteiger charge is 2.23. The van der Waals surface area contributed by atoms with Crippen molar-refractivity contribution in [1.82, 2.24) is 10.3 Å². The van der Waals surface area contributed by atoms with Gasteiger partial charge in [-0.2, -0.15) is 0 Å². The van der Waals surface area contributed by atoms with Crippen molar-refractivity contribution in [2.75, 3.05) is 7.05 Å². The molecule has 0 aliphatic heterocycles. The van der Waals surface area contributed by atoms with Crippen LogP contribution in [0.2, 0.25) is 0 Å². The number of pyridine rings is 1. The fraction of sp³-hybridized carbons (Fsp3) is 0.643. The number of hydrogen-bond acceptors (Lipinski definition) is 2. The molecular weight excluding hydrogens is 196 g/mol. The Morgan fingerprint density at radius 3 is 2.69 bits per heavy atom. The van der Waals surface area contributed by atoms with Gasteiger partial charge < -0.3 is 5.32 Å². The van der Waals surface area contributed by atoms with Gasteiger partial charge in [0.15, 0.2) is 0 Å². The molecule has 88 valence electrons. The van der Waals surface area contributed by atoms with Crippen molar-refractivity contribution in [1.29, 1.82) is 0 Å². The van der Waals surface area contributed by atoms with Crippen LogP contribution < -0.4 is 5.32 Å². The van der Waals surface area contributed by atoms with E-state index in [4.69, 9.17) is 0 Å². The molecule has 0 saturated heterocycles. The maximum atomic E-state index is 4.60. The maximum absolute atomic E-state index is 4.60. The fourth-order valence-electron chi connectivity index (χ4n) is 2.52. The lowest BCUT2D eigenvalue weighted by atomic mass is 9.80. The molecule has 0 aromatic carbocycles. The van der Waals surface area contributed by atoms with Crippen LogP contribution in [0.15, 0.2) is 12.3 Å². The molecule has 2 heteroatoms. The lowest BCUT2D eigenvalue weighted by Gasteiger charge is -2.29. The predicted molar refractivity (Wildman–Crippen MR) is 67.5 cm³/mol. The Hall–Kier alpha value is -0.890. The molecule has 1 fully saturated rings. The summed E-state index contributed by atoms with van der Waals surface area (Å²) < 4.78 is 0. The molecule has 1 saturated carbocycles. The van der Waals surface area contributed by atoms with Gasteiger partial charge in [-0.3, -0.25) is 4.98 Å². The number of rotatable bonds is 4. The van der Waals surface area contributed by atoms with E-state index in [1.807, 2.05) is 13.2 Å². The summed E-state index contributed by atoms with van der Waals surface area (Å²) in [6.45, 7) is 4.27. The zero-order valence-corrected chi connectivity index (χ0v) is 10.6. The number of aryl methyl sites for hydroxylation is 2. The van der Waals surface area contributed by atoms with Gasteiger partial charge in [0.2, 0.25) is 0 Å². The van der Waals surface area contributed by atoms with Crippen LogP contribution in [0.4, 0.5) is 0 Å². The van der Waals surface area contributed by atoms with Crippen LogP contribution in [-0.4, -0.2) is 12.0 Å². The number of hydrogen-bond donors (Lipinski definition) is 1. The third-order valence-corrected chi connectivity index (χ3v) is 3.73. The third-order valence-electron chi connectivity index (χ3n) is 3.73. The number of nitrogens with zero attached hydrogens (tertiary/aromatic N) is 1. The average Bonchev–Trinajstić information content (AvgIpc) is 2.18. The maximum Gasteiger partial charge on any atom is 0.0602 e. The summed E-state index contributed by atoms with van der Waals surface area (Å²) in [6.07, 6.45) is 7.45. The second kappa shape index (κ2) is 4.96. The molecule has 0 amide bonds. The highest BCUT2D eigenvalue weighted by atomic mass is 14.9. The lowest BCUT2D eigenvalue weighted by Crippen LogP contribution is -2.24. The van der Waals surface area contributed by atoms with E-state index in [0.29, 0.717) is 6.04 Å². The van der Waals surface area contributed by atoms with Crippen LogP contribution in [0.1, 0.15) is 48.5 Å². The van der Waals surface area contributed by atoms with E-state index in [2.05, 4.69) is 30.2 Å². The summed E-state index contributed by atoms with van der Waals surface area (Å²) in [5.74, 6) is 0.917. The first-order valence-electron chi connectivity index (χ1n) is 6.31. The first kappa shape index (κ1) is 11.6. The first-order chi connectivity index (χ1) is 7.70. The molecule has 1 aromatic heterocycles. The average molecular weight is 218 g/mol. The van der Waals surface area contributed by atoms with Crippen LogP contribution in [0.25, 0.3) is 0 Å². The summed E-state index contributed by atoms with van der Waals surface area (Å²) in [6, 6.07) is 2.67. The topological polar surface area (TPSA) is 24.9 Å². The normalized spacial score (nSPS) is 18.2. The molecular formula is C14H22N2. The minimum absolute atomic E-state index is 0.436. The smallest absolute Gasteiger partial charge is 0.0602 e. The molecule has 0 spiro atoms. The van der Waals surface area contributed by atoms with E-state index in [1.54, 1.807) is 0 Å². The fourth-order valence-corrected chi connectivity index (χ4v) is 2.52. The van der Waals surface area contributed by atoms with Crippen molar-refractivity contribution in [3.8, 4) is 0 Å². The Balaban J connectivity index is 2.11. The summed E-state index contributed by atoms with van der Waals surface area (Å²) in [5, 5.41) is 3.42. The van der Waals surface area contributed by atoms with E-state index in [1.165, 1.54) is 42.5 Å². The van der Waals surface area contributed by atoms with Crippen LogP contribution in [0.5, 0.6) is 0 Å². The van der Waals surface area contributed by atoms with Gasteiger partial charge in [-0.25, -0.2) is 0 Å². The Labute approximate surface area is 98.5 Å². The van der Waals surface area contributed by atoms with Gasteiger partial charge in [0, 0.05) is 12.2 Å². The molecule has 1 unspecified atom stereocenters. The quantitative estimate of drug-likeness (QED) is 0.839. The molecule has 1 atom stereocenters. The monoisotopic (exact) mass is 218 g/mol. The minimum Gasteiger partial charge on any atom is -0.312 e. The summed E-state index contributed by atoms with van der Waals surface area (Å²) >= 11 is 0. The van der Waals surface area contributed by atoms with Gasteiger partial charge in [0.25, 0.3) is 0 Å². The van der Waals surface area contributed by atoms with Crippen molar-refractivity contribution >= 4 is 0 Å². The largest absolute Gasteiger partial charge is 0.312 e. The highest BCUT2D eigenvalue weighted by molar-refractivity contribution is 5.25. The second-order valence-electron chi connectivity index (χ2n) is 5.09. The Morgan fingerprint density at radius 1 is 1.44 bits per heavy atom. The van der Waals surface area contributed by atoms with Crippen LogP contribution in [0.3, 0.4) is 0 Å². The zero-order valence-electron chi connectivity index (χ0n) is 10.6. The molecule has 16 heavy (non-hydrogen) atoms. The lowest BCUT2D eigenvalue weighted by molar-refractivity contribution is 0.263. The van der Waals surface area contributed by atoms with Crippen LogP contribution in [-0.2, 0) is 0 Å². The van der Waals surface area contributed by atoms with Gasteiger partial charge >= 0.3 is 0 Å². The van der Waals surface area contributed by atoms with Gasteiger partial charge in [-0.15, -0.1) is 0 Å². The molecule has 0 radical (unpaired) electrons. The second-order valence-corrected chi connectivity index (χ2v) is 5.09. The van der Waals surface area contributed by atoms with E-state index in [0.717, 1.165) is 5.92 Å². The minimum atomic E-state index is 0.436. The molecule has 1 aliphatic rings. The van der Waals surface area contributed by atoms with Crippen molar-refractivity contribution < 1.29 is 0 Å². The Bertz CT molecular complexity index is 356. The number of aromatic nitrogens is 1. The molecule has 1 aromatic rings. The SMILES string of the molecule is CNC(CC1CCC1)c1ncc(C)cc1C. The van der Waals surface area contributed by atoms with Crippen LogP contribution >= 0.6 is 0 Å². The van der Waals surface area contributed by atoms with Crippen LogP contribution in [0, 0.1) is 19.8 Å².